The molecule has 18 heavy (non-hydrogen) atoms. The number of fused-ring (bicyclic) bond motifs is 1. The molecule has 0 aliphatic heterocycles. The summed E-state index contributed by atoms with van der Waals surface area (Å²) in [4.78, 5) is 0. The molecular weight excluding hydrogens is 223 g/mol. The van der Waals surface area contributed by atoms with E-state index >= 15 is 0 Å². The van der Waals surface area contributed by atoms with Crippen molar-refractivity contribution >= 4 is 10.8 Å². The Labute approximate surface area is 109 Å². The maximum Gasteiger partial charge on any atom is 0.127 e. The highest BCUT2D eigenvalue weighted by molar-refractivity contribution is 5.83. The fourth-order valence-electron chi connectivity index (χ4n) is 2.37. The molecular formula is C17H21F. The highest BCUT2D eigenvalue weighted by Crippen LogP contribution is 2.20. The van der Waals surface area contributed by atoms with Crippen LogP contribution in [0, 0.1) is 5.82 Å². The van der Waals surface area contributed by atoms with Crippen LogP contribution < -0.4 is 0 Å². The second kappa shape index (κ2) is 6.53. The van der Waals surface area contributed by atoms with Gasteiger partial charge in [-0.3, -0.25) is 0 Å². The minimum Gasteiger partial charge on any atom is -0.207 e. The molecule has 0 radical (unpaired) electrons. The van der Waals surface area contributed by atoms with Crippen molar-refractivity contribution in [2.45, 2.75) is 45.4 Å². The van der Waals surface area contributed by atoms with Gasteiger partial charge in [0.15, 0.2) is 0 Å². The largest absolute Gasteiger partial charge is 0.207 e. The first-order valence-electron chi connectivity index (χ1n) is 6.98. The number of unbranched alkanes of at least 4 members (excludes halogenated alkanes) is 4. The normalized spacial score (nSPS) is 11.0. The summed E-state index contributed by atoms with van der Waals surface area (Å²) >= 11 is 0. The predicted molar refractivity (Wildman–Crippen MR) is 76.4 cm³/mol. The molecule has 0 heterocycles. The summed E-state index contributed by atoms with van der Waals surface area (Å²) in [5.41, 5.74) is 0.866. The third-order valence-corrected chi connectivity index (χ3v) is 3.46. The Hall–Kier alpha value is -1.37. The van der Waals surface area contributed by atoms with Gasteiger partial charge in [0.2, 0.25) is 0 Å². The van der Waals surface area contributed by atoms with Gasteiger partial charge in [-0.25, -0.2) is 4.39 Å². The van der Waals surface area contributed by atoms with Crippen LogP contribution >= 0.6 is 0 Å². The zero-order chi connectivity index (χ0) is 12.8. The molecule has 0 spiro atoms. The third-order valence-electron chi connectivity index (χ3n) is 3.46. The van der Waals surface area contributed by atoms with Gasteiger partial charge >= 0.3 is 0 Å². The minimum absolute atomic E-state index is 0.0517. The Balaban J connectivity index is 2.01. The van der Waals surface area contributed by atoms with Crippen molar-refractivity contribution in [2.24, 2.45) is 0 Å². The number of hydrogen-bond donors (Lipinski definition) is 0. The van der Waals surface area contributed by atoms with E-state index in [9.17, 15) is 4.39 Å². The van der Waals surface area contributed by atoms with Gasteiger partial charge in [-0.2, -0.15) is 0 Å². The fraction of sp³-hybridized carbons (Fsp3) is 0.412. The highest BCUT2D eigenvalue weighted by atomic mass is 19.1. The molecule has 0 amide bonds. The zero-order valence-corrected chi connectivity index (χ0v) is 11.1. The van der Waals surface area contributed by atoms with Gasteiger partial charge < -0.3 is 0 Å². The Morgan fingerprint density at radius 1 is 0.889 bits per heavy atom. The van der Waals surface area contributed by atoms with E-state index < -0.39 is 0 Å². The first-order valence-corrected chi connectivity index (χ1v) is 6.98. The average molecular weight is 244 g/mol. The van der Waals surface area contributed by atoms with E-state index in [1.807, 2.05) is 24.3 Å². The van der Waals surface area contributed by atoms with Crippen molar-refractivity contribution in [1.29, 1.82) is 0 Å². The van der Waals surface area contributed by atoms with Crippen LogP contribution in [0.15, 0.2) is 36.4 Å². The van der Waals surface area contributed by atoms with Crippen LogP contribution in [0.4, 0.5) is 4.39 Å². The second-order valence-electron chi connectivity index (χ2n) is 4.95. The maximum atomic E-state index is 13.9. The Morgan fingerprint density at radius 2 is 1.56 bits per heavy atom. The number of aryl methyl sites for hydroxylation is 1. The van der Waals surface area contributed by atoms with Crippen LogP contribution in [0.5, 0.6) is 0 Å². The molecule has 0 bridgehead atoms. The molecule has 0 aliphatic carbocycles. The SMILES string of the molecule is CCCCCCCc1cc2ccccc2cc1F. The summed E-state index contributed by atoms with van der Waals surface area (Å²) in [5, 5.41) is 2.13. The lowest BCUT2D eigenvalue weighted by atomic mass is 10.0. The average Bonchev–Trinajstić information content (AvgIpc) is 2.39. The monoisotopic (exact) mass is 244 g/mol. The van der Waals surface area contributed by atoms with E-state index in [1.54, 1.807) is 6.07 Å². The summed E-state index contributed by atoms with van der Waals surface area (Å²) in [6, 6.07) is 11.6. The lowest BCUT2D eigenvalue weighted by Gasteiger charge is -2.06. The topological polar surface area (TPSA) is 0 Å². The standard InChI is InChI=1S/C17H21F/c1-2-3-4-5-6-11-16-12-14-9-7-8-10-15(14)13-17(16)18/h7-10,12-13H,2-6,11H2,1H3. The summed E-state index contributed by atoms with van der Waals surface area (Å²) < 4.78 is 13.9. The maximum absolute atomic E-state index is 13.9. The van der Waals surface area contributed by atoms with Gasteiger partial charge in [-0.15, -0.1) is 0 Å². The van der Waals surface area contributed by atoms with Gasteiger partial charge in [0, 0.05) is 0 Å². The fourth-order valence-corrected chi connectivity index (χ4v) is 2.37. The van der Waals surface area contributed by atoms with E-state index in [0.717, 1.165) is 29.2 Å². The van der Waals surface area contributed by atoms with E-state index in [0.29, 0.717) is 0 Å². The molecule has 0 saturated carbocycles. The van der Waals surface area contributed by atoms with Crippen molar-refractivity contribution in [3.8, 4) is 0 Å². The van der Waals surface area contributed by atoms with Crippen molar-refractivity contribution in [2.75, 3.05) is 0 Å². The van der Waals surface area contributed by atoms with E-state index in [2.05, 4.69) is 13.0 Å². The van der Waals surface area contributed by atoms with Crippen LogP contribution in [0.2, 0.25) is 0 Å². The molecule has 0 atom stereocenters. The first-order chi connectivity index (χ1) is 8.81. The molecule has 2 aromatic carbocycles. The van der Waals surface area contributed by atoms with Gasteiger partial charge in [0.25, 0.3) is 0 Å². The molecule has 0 fully saturated rings. The minimum atomic E-state index is -0.0517. The number of rotatable bonds is 6. The Kier molecular flexibility index (Phi) is 4.74. The van der Waals surface area contributed by atoms with E-state index in [-0.39, 0.29) is 5.82 Å². The van der Waals surface area contributed by atoms with Crippen molar-refractivity contribution in [3.05, 3.63) is 47.8 Å². The Morgan fingerprint density at radius 3 is 2.28 bits per heavy atom. The van der Waals surface area contributed by atoms with Crippen LogP contribution in [-0.4, -0.2) is 0 Å². The van der Waals surface area contributed by atoms with Crippen molar-refractivity contribution < 1.29 is 4.39 Å². The molecule has 2 rings (SSSR count). The van der Waals surface area contributed by atoms with Crippen molar-refractivity contribution in [3.63, 3.8) is 0 Å². The molecule has 0 nitrogen and oxygen atoms in total. The van der Waals surface area contributed by atoms with Crippen molar-refractivity contribution in [1.82, 2.24) is 0 Å². The summed E-state index contributed by atoms with van der Waals surface area (Å²) in [6.45, 7) is 2.21. The van der Waals surface area contributed by atoms with Gasteiger partial charge in [0.05, 0.1) is 0 Å². The van der Waals surface area contributed by atoms with Crippen LogP contribution in [0.25, 0.3) is 10.8 Å². The second-order valence-corrected chi connectivity index (χ2v) is 4.95. The number of benzene rings is 2. The summed E-state index contributed by atoms with van der Waals surface area (Å²) in [6.07, 6.45) is 6.98. The quantitative estimate of drug-likeness (QED) is 0.589. The number of hydrogen-bond acceptors (Lipinski definition) is 0. The van der Waals surface area contributed by atoms with Gasteiger partial charge in [-0.05, 0) is 41.3 Å². The molecule has 0 unspecified atom stereocenters. The zero-order valence-electron chi connectivity index (χ0n) is 11.1. The molecule has 0 aliphatic rings. The van der Waals surface area contributed by atoms with E-state index in [4.69, 9.17) is 0 Å². The van der Waals surface area contributed by atoms with E-state index in [1.165, 1.54) is 25.7 Å². The lowest BCUT2D eigenvalue weighted by Crippen LogP contribution is -1.92. The molecule has 0 N–H and O–H groups in total. The highest BCUT2D eigenvalue weighted by Gasteiger charge is 2.04. The van der Waals surface area contributed by atoms with Crippen LogP contribution in [-0.2, 0) is 6.42 Å². The summed E-state index contributed by atoms with van der Waals surface area (Å²) in [5.74, 6) is -0.0517. The molecule has 0 saturated heterocycles. The molecule has 1 heteroatoms. The molecule has 0 aromatic heterocycles. The van der Waals surface area contributed by atoms with Crippen LogP contribution in [0.3, 0.4) is 0 Å². The van der Waals surface area contributed by atoms with Crippen LogP contribution in [0.1, 0.15) is 44.6 Å². The lowest BCUT2D eigenvalue weighted by molar-refractivity contribution is 0.589. The van der Waals surface area contributed by atoms with Gasteiger partial charge in [0.1, 0.15) is 5.82 Å². The smallest absolute Gasteiger partial charge is 0.127 e. The first kappa shape index (κ1) is 13.1. The Bertz CT molecular complexity index is 502. The molecule has 96 valence electrons. The predicted octanol–water partition coefficient (Wildman–Crippen LogP) is 5.49. The summed E-state index contributed by atoms with van der Waals surface area (Å²) in [7, 11) is 0. The van der Waals surface area contributed by atoms with Gasteiger partial charge in [-0.1, -0.05) is 56.9 Å². The molecule has 2 aromatic rings. The number of halogens is 1. The third kappa shape index (κ3) is 3.32.